The summed E-state index contributed by atoms with van der Waals surface area (Å²) in [6, 6.07) is 5.52. The Morgan fingerprint density at radius 1 is 1.26 bits per heavy atom. The van der Waals surface area contributed by atoms with E-state index in [1.807, 2.05) is 25.1 Å². The Morgan fingerprint density at radius 3 is 2.57 bits per heavy atom. The molecule has 0 atom stereocenters. The molecule has 0 saturated carbocycles. The fourth-order valence-corrected chi connectivity index (χ4v) is 1.81. The monoisotopic (exact) mass is 362 g/mol. The Balaban J connectivity index is 0.00000242. The Hall–Kier alpha value is -2.19. The molecule has 0 saturated heterocycles. The molecule has 1 heterocycles. The predicted molar refractivity (Wildman–Crippen MR) is 94.8 cm³/mol. The average Bonchev–Trinajstić information content (AvgIpc) is 2.87. The summed E-state index contributed by atoms with van der Waals surface area (Å²) in [7, 11) is 3.16. The maximum Gasteiger partial charge on any atom is 0.263 e. The molecule has 0 bridgehead atoms. The predicted octanol–water partition coefficient (Wildman–Crippen LogP) is 1.86. The molecule has 0 fully saturated rings. The van der Waals surface area contributed by atoms with Crippen molar-refractivity contribution < 1.29 is 9.47 Å². The molecular formula is C13H20Cl2N6O2. The van der Waals surface area contributed by atoms with Crippen LogP contribution < -0.4 is 20.7 Å². The summed E-state index contributed by atoms with van der Waals surface area (Å²) in [4.78, 5) is 0. The number of rotatable bonds is 6. The van der Waals surface area contributed by atoms with Crippen LogP contribution in [0.3, 0.4) is 0 Å². The van der Waals surface area contributed by atoms with Gasteiger partial charge in [-0.1, -0.05) is 13.0 Å². The van der Waals surface area contributed by atoms with Crippen LogP contribution in [-0.2, 0) is 6.42 Å². The molecule has 128 valence electrons. The number of para-hydroxylation sites is 1. The number of methoxy groups -OCH3 is 2. The number of hydrazone groups is 1. The van der Waals surface area contributed by atoms with Gasteiger partial charge in [0.2, 0.25) is 0 Å². The number of halogens is 2. The van der Waals surface area contributed by atoms with Crippen molar-refractivity contribution in [2.45, 2.75) is 13.3 Å². The Kier molecular flexibility index (Phi) is 8.82. The lowest BCUT2D eigenvalue weighted by molar-refractivity contribution is 0.354. The third-order valence-corrected chi connectivity index (χ3v) is 2.88. The van der Waals surface area contributed by atoms with Gasteiger partial charge in [-0.25, -0.2) is 10.1 Å². The molecule has 0 unspecified atom stereocenters. The number of ether oxygens (including phenoxy) is 2. The molecule has 2 rings (SSSR count). The first-order valence-electron chi connectivity index (χ1n) is 6.40. The van der Waals surface area contributed by atoms with Crippen molar-refractivity contribution in [2.24, 2.45) is 5.10 Å². The van der Waals surface area contributed by atoms with Crippen molar-refractivity contribution in [1.29, 1.82) is 0 Å². The number of nitrogens with zero attached hydrogens (tertiary/aromatic N) is 4. The van der Waals surface area contributed by atoms with Crippen LogP contribution in [0.25, 0.3) is 0 Å². The molecule has 10 heteroatoms. The SMILES string of the molecule is CCc1nnc(N/N=C/c2cccc(OC)c2OC)n1N.Cl.Cl. The second-order valence-corrected chi connectivity index (χ2v) is 4.12. The van der Waals surface area contributed by atoms with Crippen molar-refractivity contribution in [3.8, 4) is 11.5 Å². The van der Waals surface area contributed by atoms with Crippen LogP contribution in [0, 0.1) is 0 Å². The Bertz CT molecular complexity index is 647. The van der Waals surface area contributed by atoms with Crippen LogP contribution in [0.15, 0.2) is 23.3 Å². The summed E-state index contributed by atoms with van der Waals surface area (Å²) in [5.41, 5.74) is 3.51. The van der Waals surface area contributed by atoms with E-state index in [0.29, 0.717) is 29.7 Å². The number of nitrogens with two attached hydrogens (primary N) is 1. The largest absolute Gasteiger partial charge is 0.493 e. The summed E-state index contributed by atoms with van der Waals surface area (Å²) < 4.78 is 11.9. The molecule has 0 amide bonds. The highest BCUT2D eigenvalue weighted by molar-refractivity contribution is 5.86. The highest BCUT2D eigenvalue weighted by Gasteiger charge is 2.08. The molecule has 23 heavy (non-hydrogen) atoms. The van der Waals surface area contributed by atoms with Gasteiger partial charge in [0, 0.05) is 12.0 Å². The molecule has 1 aromatic carbocycles. The molecule has 0 aliphatic carbocycles. The van der Waals surface area contributed by atoms with Gasteiger partial charge in [0.1, 0.15) is 0 Å². The second-order valence-electron chi connectivity index (χ2n) is 4.12. The lowest BCUT2D eigenvalue weighted by atomic mass is 10.2. The minimum atomic E-state index is 0. The smallest absolute Gasteiger partial charge is 0.263 e. The van der Waals surface area contributed by atoms with Crippen molar-refractivity contribution in [1.82, 2.24) is 14.9 Å². The molecule has 0 aliphatic heterocycles. The van der Waals surface area contributed by atoms with E-state index >= 15 is 0 Å². The van der Waals surface area contributed by atoms with E-state index < -0.39 is 0 Å². The van der Waals surface area contributed by atoms with Crippen LogP contribution in [0.5, 0.6) is 11.5 Å². The van der Waals surface area contributed by atoms with Crippen molar-refractivity contribution in [3.05, 3.63) is 29.6 Å². The number of nitrogens with one attached hydrogen (secondary N) is 1. The standard InChI is InChI=1S/C13H18N6O2.2ClH/c1-4-11-16-18-13(19(11)14)17-15-8-9-6-5-7-10(20-2)12(9)21-3;;/h5-8H,4,14H2,1-3H3,(H,17,18);2*1H/b15-8+;;. The number of hydrogen-bond donors (Lipinski definition) is 2. The summed E-state index contributed by atoms with van der Waals surface area (Å²) in [6.45, 7) is 1.95. The lowest BCUT2D eigenvalue weighted by Gasteiger charge is -2.09. The summed E-state index contributed by atoms with van der Waals surface area (Å²) in [6.07, 6.45) is 2.29. The number of nitrogen functional groups attached to an aromatic ring is 1. The van der Waals surface area contributed by atoms with Gasteiger partial charge in [0.15, 0.2) is 17.3 Å². The number of aryl methyl sites for hydroxylation is 1. The van der Waals surface area contributed by atoms with Gasteiger partial charge >= 0.3 is 0 Å². The van der Waals surface area contributed by atoms with E-state index in [2.05, 4.69) is 20.7 Å². The third kappa shape index (κ3) is 4.64. The lowest BCUT2D eigenvalue weighted by Crippen LogP contribution is -2.14. The van der Waals surface area contributed by atoms with Crippen molar-refractivity contribution >= 4 is 37.0 Å². The van der Waals surface area contributed by atoms with Gasteiger partial charge in [-0.3, -0.25) is 0 Å². The summed E-state index contributed by atoms with van der Waals surface area (Å²) in [5.74, 6) is 8.09. The number of anilines is 1. The molecule has 2 aromatic rings. The first kappa shape index (κ1) is 20.8. The first-order chi connectivity index (χ1) is 10.2. The highest BCUT2D eigenvalue weighted by Crippen LogP contribution is 2.29. The van der Waals surface area contributed by atoms with Gasteiger partial charge in [0.25, 0.3) is 5.95 Å². The fourth-order valence-electron chi connectivity index (χ4n) is 1.81. The van der Waals surface area contributed by atoms with Gasteiger partial charge in [-0.2, -0.15) is 5.10 Å². The zero-order chi connectivity index (χ0) is 15.2. The number of benzene rings is 1. The normalized spacial score (nSPS) is 9.87. The Morgan fingerprint density at radius 2 is 2.00 bits per heavy atom. The number of aromatic nitrogens is 3. The third-order valence-electron chi connectivity index (χ3n) is 2.88. The van der Waals surface area contributed by atoms with Gasteiger partial charge in [-0.15, -0.1) is 35.0 Å². The molecule has 1 aromatic heterocycles. The quantitative estimate of drug-likeness (QED) is 0.462. The minimum absolute atomic E-state index is 0. The van der Waals surface area contributed by atoms with Gasteiger partial charge in [0.05, 0.1) is 20.4 Å². The van der Waals surface area contributed by atoms with Crippen LogP contribution >= 0.6 is 24.8 Å². The Labute approximate surface area is 146 Å². The van der Waals surface area contributed by atoms with E-state index in [9.17, 15) is 0 Å². The van der Waals surface area contributed by atoms with Gasteiger partial charge < -0.3 is 15.3 Å². The maximum absolute atomic E-state index is 5.81. The minimum Gasteiger partial charge on any atom is -0.493 e. The topological polar surface area (TPSA) is 99.6 Å². The molecule has 0 spiro atoms. The fraction of sp³-hybridized carbons (Fsp3) is 0.308. The average molecular weight is 363 g/mol. The molecular weight excluding hydrogens is 343 g/mol. The van der Waals surface area contributed by atoms with Crippen LogP contribution in [-0.4, -0.2) is 35.3 Å². The molecule has 3 N–H and O–H groups in total. The van der Waals surface area contributed by atoms with Gasteiger partial charge in [-0.05, 0) is 12.1 Å². The number of hydrogen-bond acceptors (Lipinski definition) is 7. The zero-order valence-electron chi connectivity index (χ0n) is 13.0. The van der Waals surface area contributed by atoms with E-state index in [1.54, 1.807) is 20.4 Å². The van der Waals surface area contributed by atoms with Crippen LogP contribution in [0.2, 0.25) is 0 Å². The highest BCUT2D eigenvalue weighted by atomic mass is 35.5. The van der Waals surface area contributed by atoms with Crippen LogP contribution in [0.1, 0.15) is 18.3 Å². The van der Waals surface area contributed by atoms with E-state index in [-0.39, 0.29) is 24.8 Å². The van der Waals surface area contributed by atoms with Crippen molar-refractivity contribution in [3.63, 3.8) is 0 Å². The maximum atomic E-state index is 5.81. The van der Waals surface area contributed by atoms with Crippen LogP contribution in [0.4, 0.5) is 5.95 Å². The summed E-state index contributed by atoms with van der Waals surface area (Å²) >= 11 is 0. The van der Waals surface area contributed by atoms with Crippen molar-refractivity contribution in [2.75, 3.05) is 25.5 Å². The zero-order valence-corrected chi connectivity index (χ0v) is 14.6. The molecule has 0 radical (unpaired) electrons. The molecule has 0 aliphatic rings. The molecule has 8 nitrogen and oxygen atoms in total. The first-order valence-corrected chi connectivity index (χ1v) is 6.40. The van der Waals surface area contributed by atoms with E-state index in [0.717, 1.165) is 5.56 Å². The van der Waals surface area contributed by atoms with E-state index in [4.69, 9.17) is 15.3 Å². The second kappa shape index (κ2) is 9.75. The summed E-state index contributed by atoms with van der Waals surface area (Å²) in [5, 5.41) is 11.9. The van der Waals surface area contributed by atoms with E-state index in [1.165, 1.54) is 4.68 Å².